The molecule has 2 N–H and O–H groups in total. The molecule has 2 rings (SSSR count). The Kier molecular flexibility index (Phi) is 3.93. The average molecular weight is 283 g/mol. The number of rotatable bonds is 5. The van der Waals surface area contributed by atoms with Crippen LogP contribution in [0.3, 0.4) is 0 Å². The lowest BCUT2D eigenvalue weighted by Crippen LogP contribution is -2.65. The SMILES string of the molecule is Cc1cc(CNC(=O)N2CC(C)(OCC(=O)O)C2)no1. The Balaban J connectivity index is 1.72. The molecule has 1 aliphatic heterocycles. The van der Waals surface area contributed by atoms with Crippen LogP contribution in [-0.4, -0.2) is 52.5 Å². The molecule has 1 aliphatic rings. The number of nitrogens with one attached hydrogen (secondary N) is 1. The van der Waals surface area contributed by atoms with E-state index >= 15 is 0 Å². The van der Waals surface area contributed by atoms with E-state index in [0.717, 1.165) is 0 Å². The van der Waals surface area contributed by atoms with Crippen LogP contribution in [0.1, 0.15) is 18.4 Å². The molecule has 0 unspecified atom stereocenters. The number of aliphatic carboxylic acids is 1. The van der Waals surface area contributed by atoms with Gasteiger partial charge in [-0.1, -0.05) is 5.16 Å². The van der Waals surface area contributed by atoms with E-state index in [-0.39, 0.29) is 12.6 Å². The van der Waals surface area contributed by atoms with E-state index in [1.807, 2.05) is 0 Å². The van der Waals surface area contributed by atoms with Crippen molar-refractivity contribution in [2.75, 3.05) is 19.7 Å². The lowest BCUT2D eigenvalue weighted by Gasteiger charge is -2.46. The van der Waals surface area contributed by atoms with Crippen molar-refractivity contribution in [3.05, 3.63) is 17.5 Å². The van der Waals surface area contributed by atoms with Gasteiger partial charge in [-0.2, -0.15) is 0 Å². The third-order valence-electron chi connectivity index (χ3n) is 2.98. The maximum Gasteiger partial charge on any atom is 0.329 e. The van der Waals surface area contributed by atoms with E-state index in [1.165, 1.54) is 0 Å². The second kappa shape index (κ2) is 5.49. The molecule has 0 atom stereocenters. The van der Waals surface area contributed by atoms with Crippen molar-refractivity contribution in [3.8, 4) is 0 Å². The first-order chi connectivity index (χ1) is 9.38. The second-order valence-electron chi connectivity index (χ2n) is 5.08. The van der Waals surface area contributed by atoms with Crippen molar-refractivity contribution in [2.45, 2.75) is 26.0 Å². The quantitative estimate of drug-likeness (QED) is 0.808. The van der Waals surface area contributed by atoms with Gasteiger partial charge in [0.2, 0.25) is 0 Å². The minimum Gasteiger partial charge on any atom is -0.480 e. The van der Waals surface area contributed by atoms with E-state index in [0.29, 0.717) is 31.1 Å². The van der Waals surface area contributed by atoms with Gasteiger partial charge >= 0.3 is 12.0 Å². The monoisotopic (exact) mass is 283 g/mol. The van der Waals surface area contributed by atoms with Crippen LogP contribution in [0.2, 0.25) is 0 Å². The summed E-state index contributed by atoms with van der Waals surface area (Å²) >= 11 is 0. The molecule has 0 aliphatic carbocycles. The van der Waals surface area contributed by atoms with Crippen LogP contribution in [0.5, 0.6) is 0 Å². The van der Waals surface area contributed by atoms with Crippen LogP contribution in [0.4, 0.5) is 4.79 Å². The molecule has 1 aromatic rings. The van der Waals surface area contributed by atoms with Crippen LogP contribution in [0, 0.1) is 6.92 Å². The highest BCUT2D eigenvalue weighted by Crippen LogP contribution is 2.24. The van der Waals surface area contributed by atoms with E-state index in [9.17, 15) is 9.59 Å². The molecule has 2 heterocycles. The van der Waals surface area contributed by atoms with Crippen molar-refractivity contribution in [1.82, 2.24) is 15.4 Å². The fourth-order valence-corrected chi connectivity index (χ4v) is 2.01. The summed E-state index contributed by atoms with van der Waals surface area (Å²) in [5, 5.41) is 15.0. The van der Waals surface area contributed by atoms with Gasteiger partial charge in [0.25, 0.3) is 0 Å². The van der Waals surface area contributed by atoms with Gasteiger partial charge in [0.05, 0.1) is 19.6 Å². The summed E-state index contributed by atoms with van der Waals surface area (Å²) in [6.45, 7) is 4.22. The number of carbonyl (C=O) groups is 2. The number of amides is 2. The molecule has 20 heavy (non-hydrogen) atoms. The Bertz CT molecular complexity index is 507. The summed E-state index contributed by atoms with van der Waals surface area (Å²) in [6, 6.07) is 1.51. The molecule has 0 aromatic carbocycles. The number of carboxylic acids is 1. The van der Waals surface area contributed by atoms with E-state index in [2.05, 4.69) is 10.5 Å². The molecule has 8 heteroatoms. The van der Waals surface area contributed by atoms with Gasteiger partial charge in [-0.25, -0.2) is 9.59 Å². The zero-order valence-electron chi connectivity index (χ0n) is 11.4. The highest BCUT2D eigenvalue weighted by Gasteiger charge is 2.42. The summed E-state index contributed by atoms with van der Waals surface area (Å²) in [5.41, 5.74) is 0.0708. The Morgan fingerprint density at radius 2 is 2.30 bits per heavy atom. The number of nitrogens with zero attached hydrogens (tertiary/aromatic N) is 2. The first kappa shape index (κ1) is 14.3. The largest absolute Gasteiger partial charge is 0.480 e. The Morgan fingerprint density at radius 3 is 2.85 bits per heavy atom. The van der Waals surface area contributed by atoms with Crippen LogP contribution in [0.25, 0.3) is 0 Å². The molecular formula is C12H17N3O5. The van der Waals surface area contributed by atoms with Crippen molar-refractivity contribution < 1.29 is 24.0 Å². The van der Waals surface area contributed by atoms with Gasteiger partial charge in [-0.05, 0) is 13.8 Å². The van der Waals surface area contributed by atoms with Crippen molar-refractivity contribution >= 4 is 12.0 Å². The first-order valence-electron chi connectivity index (χ1n) is 6.19. The van der Waals surface area contributed by atoms with Crippen LogP contribution < -0.4 is 5.32 Å². The van der Waals surface area contributed by atoms with Gasteiger partial charge in [0.1, 0.15) is 23.7 Å². The number of aryl methyl sites for hydroxylation is 1. The third-order valence-corrected chi connectivity index (χ3v) is 2.98. The average Bonchev–Trinajstić information content (AvgIpc) is 2.76. The minimum absolute atomic E-state index is 0.234. The number of carbonyl (C=O) groups excluding carboxylic acids is 1. The summed E-state index contributed by atoms with van der Waals surface area (Å²) in [4.78, 5) is 23.8. The number of aromatic nitrogens is 1. The first-order valence-corrected chi connectivity index (χ1v) is 6.19. The third kappa shape index (κ3) is 3.47. The Morgan fingerprint density at radius 1 is 1.60 bits per heavy atom. The second-order valence-corrected chi connectivity index (χ2v) is 5.08. The molecule has 8 nitrogen and oxygen atoms in total. The Labute approximate surface area is 115 Å². The van der Waals surface area contributed by atoms with E-state index in [1.54, 1.807) is 24.8 Å². The molecule has 110 valence electrons. The van der Waals surface area contributed by atoms with Crippen molar-refractivity contribution in [2.24, 2.45) is 0 Å². The summed E-state index contributed by atoms with van der Waals surface area (Å²) in [5.74, 6) is -0.330. The molecule has 0 bridgehead atoms. The maximum absolute atomic E-state index is 11.8. The molecular weight excluding hydrogens is 266 g/mol. The number of ether oxygens (including phenoxy) is 1. The van der Waals surface area contributed by atoms with Gasteiger partial charge < -0.3 is 24.6 Å². The lowest BCUT2D eigenvalue weighted by atomic mass is 9.97. The van der Waals surface area contributed by atoms with Gasteiger partial charge in [-0.3, -0.25) is 0 Å². The molecule has 1 saturated heterocycles. The van der Waals surface area contributed by atoms with Crippen LogP contribution >= 0.6 is 0 Å². The highest BCUT2D eigenvalue weighted by molar-refractivity contribution is 5.75. The molecule has 0 saturated carbocycles. The highest BCUT2D eigenvalue weighted by atomic mass is 16.5. The van der Waals surface area contributed by atoms with Crippen LogP contribution in [0.15, 0.2) is 10.6 Å². The van der Waals surface area contributed by atoms with Crippen LogP contribution in [-0.2, 0) is 16.1 Å². The topological polar surface area (TPSA) is 105 Å². The fourth-order valence-electron chi connectivity index (χ4n) is 2.01. The fraction of sp³-hybridized carbons (Fsp3) is 0.583. The van der Waals surface area contributed by atoms with E-state index in [4.69, 9.17) is 14.4 Å². The standard InChI is InChI=1S/C12H17N3O5/c1-8-3-9(14-20-8)4-13-11(18)15-6-12(2,7-15)19-5-10(16)17/h3H,4-7H2,1-2H3,(H,13,18)(H,16,17). The number of carboxylic acid groups (broad SMARTS) is 1. The zero-order chi connectivity index (χ0) is 14.8. The zero-order valence-corrected chi connectivity index (χ0v) is 11.4. The Hall–Kier alpha value is -2.09. The minimum atomic E-state index is -1.02. The molecule has 0 spiro atoms. The summed E-state index contributed by atoms with van der Waals surface area (Å²) < 4.78 is 10.1. The number of hydrogen-bond acceptors (Lipinski definition) is 5. The van der Waals surface area contributed by atoms with Crippen molar-refractivity contribution in [1.29, 1.82) is 0 Å². The normalized spacial score (nSPS) is 16.6. The summed E-state index contributed by atoms with van der Waals surface area (Å²) in [7, 11) is 0. The molecule has 1 fully saturated rings. The lowest BCUT2D eigenvalue weighted by molar-refractivity contribution is -0.159. The summed E-state index contributed by atoms with van der Waals surface area (Å²) in [6.07, 6.45) is 0. The van der Waals surface area contributed by atoms with Crippen molar-refractivity contribution in [3.63, 3.8) is 0 Å². The predicted octanol–water partition coefficient (Wildman–Crippen LogP) is 0.368. The molecule has 0 radical (unpaired) electrons. The number of hydrogen-bond donors (Lipinski definition) is 2. The van der Waals surface area contributed by atoms with Gasteiger partial charge in [-0.15, -0.1) is 0 Å². The van der Waals surface area contributed by atoms with E-state index < -0.39 is 11.6 Å². The number of likely N-dealkylation sites (tertiary alicyclic amines) is 1. The number of urea groups is 1. The maximum atomic E-state index is 11.8. The molecule has 1 aromatic heterocycles. The van der Waals surface area contributed by atoms with Gasteiger partial charge in [0.15, 0.2) is 0 Å². The molecule has 2 amide bonds. The smallest absolute Gasteiger partial charge is 0.329 e. The van der Waals surface area contributed by atoms with Gasteiger partial charge in [0, 0.05) is 6.07 Å². The predicted molar refractivity (Wildman–Crippen MR) is 67.0 cm³/mol.